The van der Waals surface area contributed by atoms with E-state index >= 15 is 0 Å². The molecule has 1 aromatic carbocycles. The fourth-order valence-electron chi connectivity index (χ4n) is 2.78. The van der Waals surface area contributed by atoms with Crippen molar-refractivity contribution in [3.8, 4) is 11.5 Å². The number of anilines is 1. The fourth-order valence-corrected chi connectivity index (χ4v) is 3.51. The van der Waals surface area contributed by atoms with Crippen LogP contribution in [0.1, 0.15) is 16.1 Å². The molecule has 2 aromatic heterocycles. The van der Waals surface area contributed by atoms with Gasteiger partial charge in [-0.1, -0.05) is 11.3 Å². The van der Waals surface area contributed by atoms with Gasteiger partial charge in [0.1, 0.15) is 11.6 Å². The highest BCUT2D eigenvalue weighted by molar-refractivity contribution is 7.15. The lowest BCUT2D eigenvalue weighted by molar-refractivity contribution is -0.115. The summed E-state index contributed by atoms with van der Waals surface area (Å²) in [6.45, 7) is 2.07. The average Bonchev–Trinajstić information content (AvgIpc) is 3.11. The van der Waals surface area contributed by atoms with E-state index in [1.54, 1.807) is 26.2 Å². The first-order valence-corrected chi connectivity index (χ1v) is 9.08. The lowest BCUT2D eigenvalue weighted by Crippen LogP contribution is -2.20. The molecule has 0 spiro atoms. The second-order valence-electron chi connectivity index (χ2n) is 5.83. The van der Waals surface area contributed by atoms with Crippen molar-refractivity contribution in [2.24, 2.45) is 0 Å². The second-order valence-corrected chi connectivity index (χ2v) is 6.89. The third kappa shape index (κ3) is 3.82. The van der Waals surface area contributed by atoms with Crippen molar-refractivity contribution in [3.05, 3.63) is 38.7 Å². The van der Waals surface area contributed by atoms with Gasteiger partial charge in [-0.05, 0) is 24.6 Å². The molecule has 148 valence electrons. The Kier molecular flexibility index (Phi) is 5.90. The van der Waals surface area contributed by atoms with Gasteiger partial charge in [-0.2, -0.15) is 0 Å². The van der Waals surface area contributed by atoms with Crippen LogP contribution >= 0.6 is 11.3 Å². The Morgan fingerprint density at radius 3 is 2.68 bits per heavy atom. The largest absolute Gasteiger partial charge is 0.493 e. The first kappa shape index (κ1) is 19.8. The summed E-state index contributed by atoms with van der Waals surface area (Å²) in [6.07, 6.45) is -0.155. The number of carbonyl (C=O) groups excluding carboxylic acids is 1. The predicted molar refractivity (Wildman–Crippen MR) is 103 cm³/mol. The first-order valence-electron chi connectivity index (χ1n) is 8.26. The zero-order valence-electron chi connectivity index (χ0n) is 15.8. The molecule has 3 rings (SSSR count). The molecule has 3 aromatic rings. The van der Waals surface area contributed by atoms with E-state index in [1.807, 2.05) is 0 Å². The van der Waals surface area contributed by atoms with Gasteiger partial charge in [0, 0.05) is 12.5 Å². The van der Waals surface area contributed by atoms with E-state index in [-0.39, 0.29) is 17.6 Å². The molecule has 0 fully saturated rings. The van der Waals surface area contributed by atoms with E-state index in [2.05, 4.69) is 15.5 Å². The summed E-state index contributed by atoms with van der Waals surface area (Å²) in [5.74, 6) is 0.386. The third-order valence-electron chi connectivity index (χ3n) is 4.12. The number of hydrogen-bond acceptors (Lipinski definition) is 9. The first-order chi connectivity index (χ1) is 13.5. The number of nitrogens with one attached hydrogen (secondary N) is 1. The molecule has 28 heavy (non-hydrogen) atoms. The van der Waals surface area contributed by atoms with Crippen molar-refractivity contribution < 1.29 is 23.4 Å². The third-order valence-corrected chi connectivity index (χ3v) is 4.93. The molecule has 0 aliphatic carbocycles. The molecule has 0 atom stereocenters. The molecule has 9 nitrogen and oxygen atoms in total. The van der Waals surface area contributed by atoms with Crippen LogP contribution in [0.15, 0.2) is 21.3 Å². The van der Waals surface area contributed by atoms with Crippen molar-refractivity contribution in [1.82, 2.24) is 10.2 Å². The predicted octanol–water partition coefficient (Wildman–Crippen LogP) is 2.30. The van der Waals surface area contributed by atoms with E-state index in [4.69, 9.17) is 18.6 Å². The molecule has 1 amide bonds. The average molecular weight is 405 g/mol. The van der Waals surface area contributed by atoms with Gasteiger partial charge >= 0.3 is 5.63 Å². The van der Waals surface area contributed by atoms with Gasteiger partial charge < -0.3 is 23.9 Å². The van der Waals surface area contributed by atoms with Crippen LogP contribution in [0.4, 0.5) is 5.13 Å². The van der Waals surface area contributed by atoms with Crippen molar-refractivity contribution in [3.63, 3.8) is 0 Å². The van der Waals surface area contributed by atoms with Crippen LogP contribution in [0.5, 0.6) is 11.5 Å². The summed E-state index contributed by atoms with van der Waals surface area (Å²) in [4.78, 5) is 24.9. The Balaban J connectivity index is 1.90. The maximum Gasteiger partial charge on any atom is 0.340 e. The summed E-state index contributed by atoms with van der Waals surface area (Å²) in [5.41, 5.74) is 0.574. The van der Waals surface area contributed by atoms with Crippen LogP contribution in [0, 0.1) is 6.92 Å². The van der Waals surface area contributed by atoms with Crippen LogP contribution < -0.4 is 20.4 Å². The number of carbonyl (C=O) groups is 1. The summed E-state index contributed by atoms with van der Waals surface area (Å²) in [7, 11) is 4.51. The number of rotatable bonds is 7. The minimum atomic E-state index is -0.607. The van der Waals surface area contributed by atoms with Gasteiger partial charge in [0.15, 0.2) is 11.3 Å². The number of aromatic nitrogens is 2. The number of methoxy groups -OCH3 is 3. The SMILES string of the molecule is COCc1nnc(NC(=O)Cc2c(C)c3ccc(OC)c(OC)c3oc2=O)s1. The van der Waals surface area contributed by atoms with Gasteiger partial charge in [0.05, 0.1) is 26.2 Å². The Labute approximate surface area is 164 Å². The Bertz CT molecular complexity index is 1080. The topological polar surface area (TPSA) is 113 Å². The minimum Gasteiger partial charge on any atom is -0.493 e. The fraction of sp³-hybridized carbons (Fsp3) is 0.333. The monoisotopic (exact) mass is 405 g/mol. The number of hydrogen-bond donors (Lipinski definition) is 1. The molecular weight excluding hydrogens is 386 g/mol. The van der Waals surface area contributed by atoms with Gasteiger partial charge in [-0.3, -0.25) is 4.79 Å². The molecule has 0 saturated heterocycles. The minimum absolute atomic E-state index is 0.155. The molecule has 0 saturated carbocycles. The van der Waals surface area contributed by atoms with Gasteiger partial charge in [0.25, 0.3) is 0 Å². The molecule has 0 unspecified atom stereocenters. The summed E-state index contributed by atoms with van der Waals surface area (Å²) >= 11 is 1.21. The van der Waals surface area contributed by atoms with E-state index in [9.17, 15) is 9.59 Å². The maximum absolute atomic E-state index is 12.5. The van der Waals surface area contributed by atoms with Crippen LogP contribution in [-0.4, -0.2) is 37.4 Å². The van der Waals surface area contributed by atoms with Crippen LogP contribution in [-0.2, 0) is 22.6 Å². The zero-order chi connectivity index (χ0) is 20.3. The standard InChI is InChI=1S/C18H19N3O6S/c1-9-10-5-6-12(25-3)16(26-4)15(10)27-17(23)11(9)7-13(22)19-18-21-20-14(28-18)8-24-2/h5-6H,7-8H2,1-4H3,(H,19,21,22). The van der Waals surface area contributed by atoms with Crippen LogP contribution in [0.25, 0.3) is 11.0 Å². The van der Waals surface area contributed by atoms with Crippen molar-refractivity contribution in [1.29, 1.82) is 0 Å². The normalized spacial score (nSPS) is 10.9. The number of nitrogens with zero attached hydrogens (tertiary/aromatic N) is 2. The highest BCUT2D eigenvalue weighted by Gasteiger charge is 2.20. The molecule has 0 aliphatic rings. The highest BCUT2D eigenvalue weighted by atomic mass is 32.1. The number of aryl methyl sites for hydroxylation is 1. The van der Waals surface area contributed by atoms with Gasteiger partial charge in [-0.25, -0.2) is 4.79 Å². The summed E-state index contributed by atoms with van der Waals surface area (Å²) < 4.78 is 21.0. The Morgan fingerprint density at radius 2 is 2.00 bits per heavy atom. The molecule has 0 radical (unpaired) electrons. The van der Waals surface area contributed by atoms with Gasteiger partial charge in [-0.15, -0.1) is 10.2 Å². The smallest absolute Gasteiger partial charge is 0.340 e. The number of fused-ring (bicyclic) bond motifs is 1. The lowest BCUT2D eigenvalue weighted by atomic mass is 10.0. The number of amides is 1. The van der Waals surface area contributed by atoms with Gasteiger partial charge in [0.2, 0.25) is 16.8 Å². The summed E-state index contributed by atoms with van der Waals surface area (Å²) in [5, 5.41) is 12.1. The van der Waals surface area contributed by atoms with E-state index in [1.165, 1.54) is 25.6 Å². The van der Waals surface area contributed by atoms with E-state index in [0.29, 0.717) is 39.2 Å². The second kappa shape index (κ2) is 8.36. The molecule has 2 heterocycles. The number of benzene rings is 1. The Morgan fingerprint density at radius 1 is 1.21 bits per heavy atom. The van der Waals surface area contributed by atoms with Crippen molar-refractivity contribution in [2.75, 3.05) is 26.6 Å². The van der Waals surface area contributed by atoms with Crippen molar-refractivity contribution >= 4 is 33.3 Å². The van der Waals surface area contributed by atoms with E-state index < -0.39 is 11.5 Å². The Hall–Kier alpha value is -2.98. The zero-order valence-corrected chi connectivity index (χ0v) is 16.6. The quantitative estimate of drug-likeness (QED) is 0.596. The van der Waals surface area contributed by atoms with Crippen LogP contribution in [0.3, 0.4) is 0 Å². The molecule has 0 aliphatic heterocycles. The highest BCUT2D eigenvalue weighted by Crippen LogP contribution is 2.36. The molecule has 1 N–H and O–H groups in total. The lowest BCUT2D eigenvalue weighted by Gasteiger charge is -2.12. The maximum atomic E-state index is 12.5. The van der Waals surface area contributed by atoms with Crippen molar-refractivity contribution in [2.45, 2.75) is 20.0 Å². The number of ether oxygens (including phenoxy) is 3. The molecule has 0 bridgehead atoms. The molecular formula is C18H19N3O6S. The summed E-state index contributed by atoms with van der Waals surface area (Å²) in [6, 6.07) is 3.48. The van der Waals surface area contributed by atoms with E-state index in [0.717, 1.165) is 0 Å². The molecule has 10 heteroatoms. The van der Waals surface area contributed by atoms with Crippen LogP contribution in [0.2, 0.25) is 0 Å².